The molecular weight excluding hydrogens is 236 g/mol. The Balaban J connectivity index is 2.95. The number of unbranched alkanes of at least 4 members (excludes halogenated alkanes) is 1. The molecule has 0 heterocycles. The van der Waals surface area contributed by atoms with E-state index in [-0.39, 0.29) is 0 Å². The van der Waals surface area contributed by atoms with Gasteiger partial charge in [-0.15, -0.1) is 0 Å². The molecule has 0 atom stereocenters. The number of carbonyl (C=O) groups excluding carboxylic acids is 2. The fourth-order valence-corrected chi connectivity index (χ4v) is 1.51. The van der Waals surface area contributed by atoms with Crippen molar-refractivity contribution >= 4 is 12.2 Å². The second kappa shape index (κ2) is 6.48. The molecule has 0 radical (unpaired) electrons. The van der Waals surface area contributed by atoms with Crippen molar-refractivity contribution in [1.29, 1.82) is 0 Å². The average Bonchev–Trinajstić information content (AvgIpc) is 2.27. The van der Waals surface area contributed by atoms with Crippen LogP contribution in [0.15, 0.2) is 18.2 Å². The molecule has 1 aromatic carbocycles. The summed E-state index contributed by atoms with van der Waals surface area (Å²) in [6, 6.07) is 4.62. The average molecular weight is 252 g/mol. The number of hydrogen-bond acceptors (Lipinski definition) is 4. The van der Waals surface area contributed by atoms with Crippen LogP contribution in [0.3, 0.4) is 0 Å². The Kier molecular flexibility index (Phi) is 4.98. The van der Waals surface area contributed by atoms with Crippen molar-refractivity contribution < 1.29 is 19.1 Å². The molecule has 0 saturated carbocycles. The first-order valence-electron chi connectivity index (χ1n) is 5.60. The van der Waals surface area contributed by atoms with Gasteiger partial charge in [-0.3, -0.25) is 0 Å². The minimum atomic E-state index is -0.889. The first-order valence-corrected chi connectivity index (χ1v) is 5.60. The number of carbonyl (C=O) groups is 2. The monoisotopic (exact) mass is 252 g/mol. The van der Waals surface area contributed by atoms with E-state index in [9.17, 15) is 9.59 Å². The molecule has 6 heteroatoms. The number of hydrogen-bond donors (Lipinski definition) is 2. The summed E-state index contributed by atoms with van der Waals surface area (Å²) in [7, 11) is 0. The van der Waals surface area contributed by atoms with Crippen LogP contribution in [0.1, 0.15) is 25.3 Å². The van der Waals surface area contributed by atoms with Gasteiger partial charge in [-0.1, -0.05) is 13.3 Å². The summed E-state index contributed by atoms with van der Waals surface area (Å²) >= 11 is 0. The van der Waals surface area contributed by atoms with Gasteiger partial charge in [-0.25, -0.2) is 9.59 Å². The second-order valence-electron chi connectivity index (χ2n) is 3.72. The predicted molar refractivity (Wildman–Crippen MR) is 65.5 cm³/mol. The lowest BCUT2D eigenvalue weighted by Gasteiger charge is -2.10. The van der Waals surface area contributed by atoms with Crippen LogP contribution in [0.2, 0.25) is 0 Å². The Morgan fingerprint density at radius 2 is 1.83 bits per heavy atom. The second-order valence-corrected chi connectivity index (χ2v) is 3.72. The summed E-state index contributed by atoms with van der Waals surface area (Å²) in [6.45, 7) is 2.04. The lowest BCUT2D eigenvalue weighted by atomic mass is 10.1. The van der Waals surface area contributed by atoms with Gasteiger partial charge < -0.3 is 20.9 Å². The zero-order valence-corrected chi connectivity index (χ0v) is 10.1. The highest BCUT2D eigenvalue weighted by atomic mass is 16.6. The molecule has 1 rings (SSSR count). The third kappa shape index (κ3) is 4.32. The van der Waals surface area contributed by atoms with Crippen molar-refractivity contribution in [3.63, 3.8) is 0 Å². The molecule has 0 aromatic heterocycles. The Morgan fingerprint density at radius 1 is 1.17 bits per heavy atom. The SMILES string of the molecule is CCCCc1cc(OC(N)=O)ccc1OC(N)=O. The van der Waals surface area contributed by atoms with E-state index in [2.05, 4.69) is 0 Å². The molecule has 0 aliphatic heterocycles. The molecule has 0 spiro atoms. The lowest BCUT2D eigenvalue weighted by Crippen LogP contribution is -2.18. The summed E-state index contributed by atoms with van der Waals surface area (Å²) in [5, 5.41) is 0. The number of rotatable bonds is 5. The number of amides is 2. The Labute approximate surface area is 105 Å². The molecule has 0 saturated heterocycles. The zero-order valence-electron chi connectivity index (χ0n) is 10.1. The topological polar surface area (TPSA) is 105 Å². The quantitative estimate of drug-likeness (QED) is 0.835. The highest BCUT2D eigenvalue weighted by Crippen LogP contribution is 2.26. The molecule has 0 aliphatic rings. The van der Waals surface area contributed by atoms with Gasteiger partial charge in [0.1, 0.15) is 11.5 Å². The van der Waals surface area contributed by atoms with E-state index in [0.29, 0.717) is 17.9 Å². The highest BCUT2D eigenvalue weighted by molar-refractivity contribution is 5.70. The first kappa shape index (κ1) is 13.8. The van der Waals surface area contributed by atoms with Crippen molar-refractivity contribution in [2.75, 3.05) is 0 Å². The van der Waals surface area contributed by atoms with Crippen LogP contribution in [-0.2, 0) is 6.42 Å². The molecule has 98 valence electrons. The summed E-state index contributed by atoms with van der Waals surface area (Å²) < 4.78 is 9.63. The van der Waals surface area contributed by atoms with Gasteiger partial charge in [-0.05, 0) is 36.6 Å². The van der Waals surface area contributed by atoms with Crippen LogP contribution in [0.5, 0.6) is 11.5 Å². The van der Waals surface area contributed by atoms with Crippen molar-refractivity contribution in [2.24, 2.45) is 11.5 Å². The maximum Gasteiger partial charge on any atom is 0.409 e. The van der Waals surface area contributed by atoms with Crippen LogP contribution in [0, 0.1) is 0 Å². The smallest absolute Gasteiger partial charge is 0.409 e. The third-order valence-electron chi connectivity index (χ3n) is 2.26. The van der Waals surface area contributed by atoms with E-state index in [4.69, 9.17) is 20.9 Å². The molecule has 0 unspecified atom stereocenters. The van der Waals surface area contributed by atoms with Gasteiger partial charge >= 0.3 is 12.2 Å². The van der Waals surface area contributed by atoms with Crippen LogP contribution in [0.25, 0.3) is 0 Å². The highest BCUT2D eigenvalue weighted by Gasteiger charge is 2.09. The van der Waals surface area contributed by atoms with Crippen LogP contribution in [-0.4, -0.2) is 12.2 Å². The molecule has 6 nitrogen and oxygen atoms in total. The first-order chi connectivity index (χ1) is 8.52. The molecule has 4 N–H and O–H groups in total. The van der Waals surface area contributed by atoms with Gasteiger partial charge in [0.15, 0.2) is 0 Å². The number of aryl methyl sites for hydroxylation is 1. The Hall–Kier alpha value is -2.24. The standard InChI is InChI=1S/C12H16N2O4/c1-2-3-4-8-7-9(17-11(13)15)5-6-10(8)18-12(14)16/h5-7H,2-4H2,1H3,(H2,13,15)(H2,14,16). The zero-order chi connectivity index (χ0) is 13.5. The third-order valence-corrected chi connectivity index (χ3v) is 2.26. The van der Waals surface area contributed by atoms with Crippen molar-refractivity contribution in [3.8, 4) is 11.5 Å². The van der Waals surface area contributed by atoms with Gasteiger partial charge in [0.2, 0.25) is 0 Å². The van der Waals surface area contributed by atoms with Gasteiger partial charge in [0, 0.05) is 0 Å². The number of benzene rings is 1. The molecule has 18 heavy (non-hydrogen) atoms. The summed E-state index contributed by atoms with van der Waals surface area (Å²) in [6.07, 6.45) is 0.817. The molecule has 0 fully saturated rings. The van der Waals surface area contributed by atoms with E-state index in [1.54, 1.807) is 6.07 Å². The lowest BCUT2D eigenvalue weighted by molar-refractivity contribution is 0.208. The van der Waals surface area contributed by atoms with Crippen molar-refractivity contribution in [2.45, 2.75) is 26.2 Å². The maximum atomic E-state index is 10.8. The van der Waals surface area contributed by atoms with E-state index >= 15 is 0 Å². The summed E-state index contributed by atoms with van der Waals surface area (Å²) in [4.78, 5) is 21.4. The van der Waals surface area contributed by atoms with Gasteiger partial charge in [0.05, 0.1) is 0 Å². The fourth-order valence-electron chi connectivity index (χ4n) is 1.51. The Morgan fingerprint density at radius 3 is 2.39 bits per heavy atom. The molecule has 0 bridgehead atoms. The minimum Gasteiger partial charge on any atom is -0.410 e. The molecule has 2 amide bonds. The number of ether oxygens (including phenoxy) is 2. The number of primary amides is 2. The van der Waals surface area contributed by atoms with E-state index in [1.807, 2.05) is 6.92 Å². The van der Waals surface area contributed by atoms with Crippen LogP contribution >= 0.6 is 0 Å². The van der Waals surface area contributed by atoms with Crippen LogP contribution in [0.4, 0.5) is 9.59 Å². The fraction of sp³-hybridized carbons (Fsp3) is 0.333. The van der Waals surface area contributed by atoms with E-state index in [0.717, 1.165) is 18.4 Å². The number of nitrogens with two attached hydrogens (primary N) is 2. The van der Waals surface area contributed by atoms with Crippen molar-refractivity contribution in [1.82, 2.24) is 0 Å². The minimum absolute atomic E-state index is 0.311. The van der Waals surface area contributed by atoms with Gasteiger partial charge in [-0.2, -0.15) is 0 Å². The predicted octanol–water partition coefficient (Wildman–Crippen LogP) is 1.94. The van der Waals surface area contributed by atoms with E-state index < -0.39 is 12.2 Å². The summed E-state index contributed by atoms with van der Waals surface area (Å²) in [5.41, 5.74) is 10.6. The van der Waals surface area contributed by atoms with Crippen molar-refractivity contribution in [3.05, 3.63) is 23.8 Å². The molecule has 0 aliphatic carbocycles. The van der Waals surface area contributed by atoms with Crippen LogP contribution < -0.4 is 20.9 Å². The molecule has 1 aromatic rings. The van der Waals surface area contributed by atoms with Gasteiger partial charge in [0.25, 0.3) is 0 Å². The maximum absolute atomic E-state index is 10.8. The normalized spacial score (nSPS) is 9.83. The largest absolute Gasteiger partial charge is 0.410 e. The molecular formula is C12H16N2O4. The van der Waals surface area contributed by atoms with E-state index in [1.165, 1.54) is 12.1 Å². The Bertz CT molecular complexity index is 446. The summed E-state index contributed by atoms with van der Waals surface area (Å²) in [5.74, 6) is 0.679.